The topological polar surface area (TPSA) is 78.3 Å². The van der Waals surface area contributed by atoms with E-state index in [9.17, 15) is 9.59 Å². The fraction of sp³-hybridized carbons (Fsp3) is 0.600. The highest BCUT2D eigenvalue weighted by Gasteiger charge is 2.29. The van der Waals surface area contributed by atoms with E-state index in [1.165, 1.54) is 4.90 Å². The lowest BCUT2D eigenvalue weighted by atomic mass is 9.97. The number of esters is 1. The highest BCUT2D eigenvalue weighted by molar-refractivity contribution is 5.77. The third-order valence-electron chi connectivity index (χ3n) is 5.00. The van der Waals surface area contributed by atoms with E-state index < -0.39 is 0 Å². The van der Waals surface area contributed by atoms with E-state index in [0.29, 0.717) is 18.9 Å². The van der Waals surface area contributed by atoms with Crippen molar-refractivity contribution in [2.45, 2.75) is 32.7 Å². The zero-order valence-electron chi connectivity index (χ0n) is 16.7. The molecule has 0 radical (unpaired) electrons. The van der Waals surface area contributed by atoms with Gasteiger partial charge in [0, 0.05) is 18.4 Å². The number of amides is 1. The van der Waals surface area contributed by atoms with Crippen LogP contribution < -0.4 is 19.7 Å². The van der Waals surface area contributed by atoms with Crippen molar-refractivity contribution in [3.8, 4) is 11.5 Å². The van der Waals surface area contributed by atoms with Crippen LogP contribution >= 0.6 is 0 Å². The van der Waals surface area contributed by atoms with E-state index in [2.05, 4.69) is 5.32 Å². The second kappa shape index (κ2) is 10.2. The van der Waals surface area contributed by atoms with Gasteiger partial charge in [0.15, 0.2) is 6.54 Å². The van der Waals surface area contributed by atoms with Crippen molar-refractivity contribution in [1.82, 2.24) is 5.32 Å². The van der Waals surface area contributed by atoms with Crippen molar-refractivity contribution in [2.75, 3.05) is 40.5 Å². The number of hydrogen-bond acceptors (Lipinski definition) is 5. The molecule has 27 heavy (non-hydrogen) atoms. The van der Waals surface area contributed by atoms with Gasteiger partial charge in [-0.25, -0.2) is 0 Å². The summed E-state index contributed by atoms with van der Waals surface area (Å²) in [5.41, 5.74) is 0.876. The molecule has 0 saturated carbocycles. The fourth-order valence-corrected chi connectivity index (χ4v) is 3.47. The first-order valence-electron chi connectivity index (χ1n) is 9.50. The SMILES string of the molecule is CCOC(=O)C1CC[NH+](CC(=O)N[C@@H](C)c2cc(OC)ccc2OC)CC1. The van der Waals surface area contributed by atoms with Gasteiger partial charge < -0.3 is 24.4 Å². The Morgan fingerprint density at radius 2 is 1.93 bits per heavy atom. The van der Waals surface area contributed by atoms with Crippen LogP contribution in [0.1, 0.15) is 38.3 Å². The number of nitrogens with one attached hydrogen (secondary N) is 2. The van der Waals surface area contributed by atoms with Crippen LogP contribution in [0.4, 0.5) is 0 Å². The number of likely N-dealkylation sites (tertiary alicyclic amines) is 1. The van der Waals surface area contributed by atoms with Crippen LogP contribution in [0.5, 0.6) is 11.5 Å². The zero-order chi connectivity index (χ0) is 19.8. The maximum atomic E-state index is 12.5. The van der Waals surface area contributed by atoms with Gasteiger partial charge >= 0.3 is 5.97 Å². The normalized spacial score (nSPS) is 20.4. The van der Waals surface area contributed by atoms with Crippen LogP contribution in [0, 0.1) is 5.92 Å². The van der Waals surface area contributed by atoms with Gasteiger partial charge in [-0.15, -0.1) is 0 Å². The standard InChI is InChI=1S/C20H30N2O5/c1-5-27-20(24)15-8-10-22(11-9-15)13-19(23)21-14(2)17-12-16(25-3)6-7-18(17)26-4/h6-7,12,14-15H,5,8-11,13H2,1-4H3,(H,21,23)/p+1/t14-/m0/s1. The molecule has 1 heterocycles. The van der Waals surface area contributed by atoms with Crippen LogP contribution in [0.25, 0.3) is 0 Å². The predicted molar refractivity (Wildman–Crippen MR) is 101 cm³/mol. The van der Waals surface area contributed by atoms with Crippen LogP contribution in [0.15, 0.2) is 18.2 Å². The van der Waals surface area contributed by atoms with Crippen molar-refractivity contribution in [3.05, 3.63) is 23.8 Å². The van der Waals surface area contributed by atoms with Crippen molar-refractivity contribution in [2.24, 2.45) is 5.92 Å². The lowest BCUT2D eigenvalue weighted by Gasteiger charge is -2.28. The van der Waals surface area contributed by atoms with E-state index in [1.807, 2.05) is 32.0 Å². The van der Waals surface area contributed by atoms with Crippen LogP contribution in [-0.4, -0.2) is 52.3 Å². The summed E-state index contributed by atoms with van der Waals surface area (Å²) in [5.74, 6) is 1.28. The van der Waals surface area contributed by atoms with Gasteiger partial charge in [-0.05, 0) is 32.0 Å². The first kappa shape index (κ1) is 21.0. The molecule has 1 saturated heterocycles. The fourth-order valence-electron chi connectivity index (χ4n) is 3.47. The first-order chi connectivity index (χ1) is 13.0. The van der Waals surface area contributed by atoms with E-state index in [-0.39, 0.29) is 23.8 Å². The Hall–Kier alpha value is -2.28. The Bertz CT molecular complexity index is 641. The maximum Gasteiger partial charge on any atom is 0.309 e. The molecule has 7 heteroatoms. The molecule has 0 spiro atoms. The summed E-state index contributed by atoms with van der Waals surface area (Å²) in [6.45, 7) is 6.16. The predicted octanol–water partition coefficient (Wildman–Crippen LogP) is 0.739. The maximum absolute atomic E-state index is 12.5. The molecule has 2 rings (SSSR count). The lowest BCUT2D eigenvalue weighted by Crippen LogP contribution is -3.14. The molecule has 0 aliphatic carbocycles. The Balaban J connectivity index is 1.86. The summed E-state index contributed by atoms with van der Waals surface area (Å²) in [7, 11) is 3.22. The van der Waals surface area contributed by atoms with Gasteiger partial charge in [0.25, 0.3) is 5.91 Å². The van der Waals surface area contributed by atoms with Gasteiger partial charge in [-0.1, -0.05) is 0 Å². The largest absolute Gasteiger partial charge is 0.497 e. The quantitative estimate of drug-likeness (QED) is 0.652. The summed E-state index contributed by atoms with van der Waals surface area (Å²) < 4.78 is 15.8. The molecule has 1 amide bonds. The van der Waals surface area contributed by atoms with Crippen LogP contribution in [0.3, 0.4) is 0 Å². The van der Waals surface area contributed by atoms with Crippen molar-refractivity contribution in [3.63, 3.8) is 0 Å². The molecule has 1 aliphatic rings. The number of carbonyl (C=O) groups is 2. The molecule has 1 aliphatic heterocycles. The molecular weight excluding hydrogens is 348 g/mol. The van der Waals surface area contributed by atoms with E-state index in [0.717, 1.165) is 37.2 Å². The third-order valence-corrected chi connectivity index (χ3v) is 5.00. The number of benzene rings is 1. The van der Waals surface area contributed by atoms with Gasteiger partial charge in [0.1, 0.15) is 11.5 Å². The molecule has 1 fully saturated rings. The zero-order valence-corrected chi connectivity index (χ0v) is 16.7. The Kier molecular flexibility index (Phi) is 7.91. The second-order valence-corrected chi connectivity index (χ2v) is 6.85. The minimum Gasteiger partial charge on any atom is -0.497 e. The summed E-state index contributed by atoms with van der Waals surface area (Å²) in [4.78, 5) is 25.5. The number of carbonyl (C=O) groups excluding carboxylic acids is 2. The highest BCUT2D eigenvalue weighted by atomic mass is 16.5. The average Bonchev–Trinajstić information content (AvgIpc) is 2.68. The molecule has 1 aromatic rings. The van der Waals surface area contributed by atoms with Crippen molar-refractivity contribution in [1.29, 1.82) is 0 Å². The average molecular weight is 379 g/mol. The molecule has 1 atom stereocenters. The number of piperidine rings is 1. The molecule has 150 valence electrons. The minimum absolute atomic E-state index is 0.0167. The van der Waals surface area contributed by atoms with E-state index in [1.54, 1.807) is 14.2 Å². The molecule has 0 unspecified atom stereocenters. The number of hydrogen-bond donors (Lipinski definition) is 2. The monoisotopic (exact) mass is 379 g/mol. The number of methoxy groups -OCH3 is 2. The first-order valence-corrected chi connectivity index (χ1v) is 9.50. The second-order valence-electron chi connectivity index (χ2n) is 6.85. The van der Waals surface area contributed by atoms with Gasteiger partial charge in [0.2, 0.25) is 0 Å². The van der Waals surface area contributed by atoms with E-state index in [4.69, 9.17) is 14.2 Å². The number of ether oxygens (including phenoxy) is 3. The summed E-state index contributed by atoms with van der Waals surface area (Å²) >= 11 is 0. The van der Waals surface area contributed by atoms with Gasteiger partial charge in [-0.2, -0.15) is 0 Å². The van der Waals surface area contributed by atoms with Crippen LogP contribution in [0.2, 0.25) is 0 Å². The van der Waals surface area contributed by atoms with Gasteiger partial charge in [-0.3, -0.25) is 9.59 Å². The Labute approximate surface area is 161 Å². The number of quaternary nitrogens is 1. The van der Waals surface area contributed by atoms with Crippen LogP contribution in [-0.2, 0) is 14.3 Å². The smallest absolute Gasteiger partial charge is 0.309 e. The molecule has 7 nitrogen and oxygen atoms in total. The Morgan fingerprint density at radius 3 is 2.52 bits per heavy atom. The summed E-state index contributed by atoms with van der Waals surface area (Å²) in [6.07, 6.45) is 1.53. The molecule has 2 N–H and O–H groups in total. The lowest BCUT2D eigenvalue weighted by molar-refractivity contribution is -0.897. The molecule has 0 aromatic heterocycles. The molecular formula is C20H31N2O5+. The van der Waals surface area contributed by atoms with Crippen molar-refractivity contribution >= 4 is 11.9 Å². The Morgan fingerprint density at radius 1 is 1.22 bits per heavy atom. The van der Waals surface area contributed by atoms with Gasteiger partial charge in [0.05, 0.1) is 45.9 Å². The number of rotatable bonds is 8. The third kappa shape index (κ3) is 5.85. The molecule has 0 bridgehead atoms. The molecule has 1 aromatic carbocycles. The summed E-state index contributed by atoms with van der Waals surface area (Å²) in [5, 5.41) is 3.04. The van der Waals surface area contributed by atoms with Crippen molar-refractivity contribution < 1.29 is 28.7 Å². The minimum atomic E-state index is -0.195. The summed E-state index contributed by atoms with van der Waals surface area (Å²) in [6, 6.07) is 5.34. The highest BCUT2D eigenvalue weighted by Crippen LogP contribution is 2.29. The van der Waals surface area contributed by atoms with E-state index >= 15 is 0 Å².